The van der Waals surface area contributed by atoms with E-state index < -0.39 is 82.7 Å². The van der Waals surface area contributed by atoms with Crippen molar-refractivity contribution >= 4 is 46.3 Å². The van der Waals surface area contributed by atoms with Crippen LogP contribution in [0.2, 0.25) is 0 Å². The molecule has 6 atom stereocenters. The fourth-order valence-electron chi connectivity index (χ4n) is 7.26. The highest BCUT2D eigenvalue weighted by Gasteiger charge is 2.46. The van der Waals surface area contributed by atoms with Crippen LogP contribution in [0.5, 0.6) is 5.75 Å². The van der Waals surface area contributed by atoms with E-state index >= 15 is 0 Å². The summed E-state index contributed by atoms with van der Waals surface area (Å²) in [6.07, 6.45) is 4.36. The average molecular weight is 866 g/mol. The lowest BCUT2D eigenvalue weighted by atomic mass is 9.85. The molecule has 4 amide bonds. The lowest BCUT2D eigenvalue weighted by Crippen LogP contribution is -2.59. The highest BCUT2D eigenvalue weighted by atomic mass is 16.6. The van der Waals surface area contributed by atoms with Crippen molar-refractivity contribution in [2.75, 3.05) is 27.3 Å². The molecule has 4 rings (SSSR count). The van der Waals surface area contributed by atoms with E-state index in [0.717, 1.165) is 21.2 Å². The summed E-state index contributed by atoms with van der Waals surface area (Å²) in [5.41, 5.74) is 9.13. The number of nitrogens with zero attached hydrogens (tertiary/aromatic N) is 5. The largest absolute Gasteiger partial charge is 0.481 e. The van der Waals surface area contributed by atoms with Crippen molar-refractivity contribution in [1.29, 1.82) is 0 Å². The maximum atomic E-state index is 14.6. The number of ketones is 1. The van der Waals surface area contributed by atoms with Crippen molar-refractivity contribution in [3.8, 4) is 18.1 Å². The average Bonchev–Trinajstić information content (AvgIpc) is 3.66. The van der Waals surface area contributed by atoms with Crippen molar-refractivity contribution in [2.45, 2.75) is 110 Å². The molecule has 0 aliphatic carbocycles. The van der Waals surface area contributed by atoms with Crippen LogP contribution in [-0.4, -0.2) is 108 Å². The Balaban J connectivity index is 1.64. The Kier molecular flexibility index (Phi) is 16.7. The lowest BCUT2D eigenvalue weighted by molar-refractivity contribution is -0.146. The van der Waals surface area contributed by atoms with Crippen molar-refractivity contribution in [3.05, 3.63) is 88.3 Å². The number of rotatable bonds is 17. The topological polar surface area (TPSA) is 209 Å². The molecule has 16 heteroatoms. The molecule has 0 unspecified atom stereocenters. The summed E-state index contributed by atoms with van der Waals surface area (Å²) in [5.74, 6) is -1.10. The number of hydrogen-bond donors (Lipinski definition) is 2. The van der Waals surface area contributed by atoms with E-state index in [2.05, 4.69) is 26.6 Å². The predicted octanol–water partition coefficient (Wildman–Crippen LogP) is 5.94. The highest BCUT2D eigenvalue weighted by Crippen LogP contribution is 2.30. The maximum Gasteiger partial charge on any atom is 0.410 e. The van der Waals surface area contributed by atoms with Crippen LogP contribution in [0.3, 0.4) is 0 Å². The number of fused-ring (bicyclic) bond motifs is 1. The summed E-state index contributed by atoms with van der Waals surface area (Å²) in [6.45, 7) is 11.8. The van der Waals surface area contributed by atoms with E-state index in [1.807, 2.05) is 42.5 Å². The smallest absolute Gasteiger partial charge is 0.410 e. The number of carbonyl (C=O) groups is 6. The highest BCUT2D eigenvalue weighted by molar-refractivity contribution is 5.97. The van der Waals surface area contributed by atoms with Gasteiger partial charge in [-0.1, -0.05) is 86.4 Å². The zero-order valence-corrected chi connectivity index (χ0v) is 37.5. The van der Waals surface area contributed by atoms with Gasteiger partial charge in [0, 0.05) is 37.3 Å². The third-order valence-corrected chi connectivity index (χ3v) is 10.8. The van der Waals surface area contributed by atoms with Gasteiger partial charge in [0.25, 0.3) is 0 Å². The van der Waals surface area contributed by atoms with Gasteiger partial charge >= 0.3 is 12.1 Å². The fraction of sp³-hybridized carbons (Fsp3) is 0.489. The second kappa shape index (κ2) is 21.5. The van der Waals surface area contributed by atoms with Gasteiger partial charge in [0.1, 0.15) is 36.1 Å². The molecule has 1 aliphatic heterocycles. The number of likely N-dealkylation sites (N-methyl/N-ethyl adjacent to an activating group) is 1. The van der Waals surface area contributed by atoms with Gasteiger partial charge in [-0.25, -0.2) is 9.59 Å². The maximum absolute atomic E-state index is 14.6. The summed E-state index contributed by atoms with van der Waals surface area (Å²) < 4.78 is 16.0. The zero-order valence-electron chi connectivity index (χ0n) is 37.5. The quantitative estimate of drug-likeness (QED) is 0.0541. The van der Waals surface area contributed by atoms with Crippen molar-refractivity contribution < 1.29 is 43.0 Å². The number of Topliss-reactive ketones (excluding diaryl/α,β-unsaturated/α-hetero) is 1. The number of esters is 1. The number of amides is 4. The Labute approximate surface area is 369 Å². The summed E-state index contributed by atoms with van der Waals surface area (Å²) >= 11 is 0. The summed E-state index contributed by atoms with van der Waals surface area (Å²) in [7, 11) is 2.63. The van der Waals surface area contributed by atoms with Crippen LogP contribution in [0.1, 0.15) is 72.4 Å². The Morgan fingerprint density at radius 2 is 1.59 bits per heavy atom. The van der Waals surface area contributed by atoms with Gasteiger partial charge in [-0.15, -0.1) is 6.42 Å². The van der Waals surface area contributed by atoms with Crippen LogP contribution in [-0.2, 0) is 46.3 Å². The van der Waals surface area contributed by atoms with Gasteiger partial charge in [0.05, 0.1) is 19.2 Å². The van der Waals surface area contributed by atoms with Crippen LogP contribution in [0.25, 0.3) is 21.2 Å². The predicted molar refractivity (Wildman–Crippen MR) is 237 cm³/mol. The standard InChI is InChI=1S/C47H59N7O9/c1-11-22-62-36-20-17-30(18-21-36)25-37(44(59)61-10)49-42(57)34(24-31-16-19-32-14-12-13-15-33(32)23-31)26-39(55)38-27-35(51-52-48)28-54(38)43(58)40(46(3,4)5)50-41(56)29(2)53(9)45(60)63-47(6,7)8/h1,12-21,23,29,34-35,37-38,40H,22,24-28H2,2-10H3,(H,49,57)(H,50,56)/t29-,34+,35-,37-,38-,40+/m0/s1. The number of terminal acetylenes is 1. The number of nitrogens with one attached hydrogen (secondary N) is 2. The second-order valence-electron chi connectivity index (χ2n) is 17.9. The number of hydrogen-bond acceptors (Lipinski definition) is 10. The number of ether oxygens (including phenoxy) is 3. The first-order valence-electron chi connectivity index (χ1n) is 20.8. The van der Waals surface area contributed by atoms with E-state index in [4.69, 9.17) is 20.6 Å². The first-order valence-corrected chi connectivity index (χ1v) is 20.8. The minimum Gasteiger partial charge on any atom is -0.481 e. The number of likely N-dealkylation sites (tertiary alicyclic amines) is 1. The number of carbonyl (C=O) groups excluding carboxylic acids is 6. The minimum absolute atomic E-state index is 0.0205. The molecule has 63 heavy (non-hydrogen) atoms. The van der Waals surface area contributed by atoms with E-state index in [1.54, 1.807) is 65.8 Å². The Bertz CT molecular complexity index is 2240. The molecule has 0 saturated carbocycles. The molecule has 1 saturated heterocycles. The minimum atomic E-state index is -1.19. The normalized spacial score (nSPS) is 16.9. The monoisotopic (exact) mass is 865 g/mol. The molecular weight excluding hydrogens is 807 g/mol. The van der Waals surface area contributed by atoms with Gasteiger partial charge < -0.3 is 29.7 Å². The van der Waals surface area contributed by atoms with Gasteiger partial charge in [0.2, 0.25) is 17.7 Å². The summed E-state index contributed by atoms with van der Waals surface area (Å²) in [6, 6.07) is 15.0. The van der Waals surface area contributed by atoms with Gasteiger partial charge in [-0.3, -0.25) is 24.1 Å². The zero-order chi connectivity index (χ0) is 46.6. The van der Waals surface area contributed by atoms with E-state index in [-0.39, 0.29) is 38.8 Å². The van der Waals surface area contributed by atoms with Crippen molar-refractivity contribution in [2.24, 2.45) is 16.4 Å². The molecule has 3 aromatic rings. The first kappa shape index (κ1) is 49.1. The molecule has 0 aromatic heterocycles. The molecule has 336 valence electrons. The summed E-state index contributed by atoms with van der Waals surface area (Å²) in [5, 5.41) is 11.4. The first-order chi connectivity index (χ1) is 29.6. The van der Waals surface area contributed by atoms with Crippen molar-refractivity contribution in [1.82, 2.24) is 20.4 Å². The fourth-order valence-corrected chi connectivity index (χ4v) is 7.26. The molecule has 2 N–H and O–H groups in total. The van der Waals surface area contributed by atoms with E-state index in [1.165, 1.54) is 26.0 Å². The molecule has 1 heterocycles. The summed E-state index contributed by atoms with van der Waals surface area (Å²) in [4.78, 5) is 88.6. The van der Waals surface area contributed by atoms with Crippen LogP contribution < -0.4 is 15.4 Å². The second-order valence-corrected chi connectivity index (χ2v) is 17.9. The molecule has 1 aliphatic rings. The molecular formula is C47H59N7O9. The molecule has 16 nitrogen and oxygen atoms in total. The third-order valence-electron chi connectivity index (χ3n) is 10.8. The SMILES string of the molecule is C#CCOc1ccc(C[C@H](NC(=O)[C@@H](CC(=O)[C@@H]2C[C@H](N=[N+]=[N-])CN2C(=O)[C@@H](NC(=O)[C@H](C)N(C)C(=O)OC(C)(C)C)C(C)(C)C)Cc2ccc3ccccc3c2)C(=O)OC)cc1. The van der Waals surface area contributed by atoms with Crippen LogP contribution >= 0.6 is 0 Å². The molecule has 0 radical (unpaired) electrons. The Morgan fingerprint density at radius 1 is 0.937 bits per heavy atom. The Morgan fingerprint density at radius 3 is 2.19 bits per heavy atom. The number of methoxy groups -OCH3 is 1. The van der Waals surface area contributed by atoms with Gasteiger partial charge in [-0.05, 0) is 85.5 Å². The molecule has 1 fully saturated rings. The third kappa shape index (κ3) is 13.7. The van der Waals surface area contributed by atoms with Gasteiger partial charge in [0.15, 0.2) is 5.78 Å². The van der Waals surface area contributed by atoms with Crippen molar-refractivity contribution in [3.63, 3.8) is 0 Å². The van der Waals surface area contributed by atoms with E-state index in [9.17, 15) is 34.3 Å². The molecule has 0 bridgehead atoms. The Hall–Kier alpha value is -6.59. The van der Waals surface area contributed by atoms with Gasteiger partial charge in [-0.2, -0.15) is 0 Å². The lowest BCUT2D eigenvalue weighted by Gasteiger charge is -2.37. The molecule has 0 spiro atoms. The molecule has 3 aromatic carbocycles. The van der Waals surface area contributed by atoms with Crippen LogP contribution in [0.4, 0.5) is 4.79 Å². The number of azide groups is 1. The van der Waals surface area contributed by atoms with Crippen LogP contribution in [0, 0.1) is 23.7 Å². The number of benzene rings is 3. The van der Waals surface area contributed by atoms with Crippen LogP contribution in [0.15, 0.2) is 71.8 Å². The van der Waals surface area contributed by atoms with E-state index in [0.29, 0.717) is 11.3 Å².